The highest BCUT2D eigenvalue weighted by Crippen LogP contribution is 2.22. The molecule has 1 amide bonds. The topological polar surface area (TPSA) is 93.4 Å². The summed E-state index contributed by atoms with van der Waals surface area (Å²) in [5.41, 5.74) is 1.44. The van der Waals surface area contributed by atoms with E-state index in [-0.39, 0.29) is 23.9 Å². The molecule has 0 aliphatic heterocycles. The van der Waals surface area contributed by atoms with Crippen LogP contribution in [0.3, 0.4) is 0 Å². The van der Waals surface area contributed by atoms with Gasteiger partial charge < -0.3 is 15.3 Å². The van der Waals surface area contributed by atoms with E-state index < -0.39 is 5.97 Å². The molecule has 1 aromatic rings. The van der Waals surface area contributed by atoms with Gasteiger partial charge in [-0.05, 0) is 30.5 Å². The maximum Gasteiger partial charge on any atom is 0.307 e. The summed E-state index contributed by atoms with van der Waals surface area (Å²) in [5, 5.41) is 21.0. The number of carbonyl (C=O) groups excluding carboxylic acids is 1. The Balaban J connectivity index is 2.00. The number of anilines is 1. The Morgan fingerprint density at radius 1 is 1.28 bits per heavy atom. The third-order valence-electron chi connectivity index (χ3n) is 4.49. The second-order valence-corrected chi connectivity index (χ2v) is 6.29. The predicted molar refractivity (Wildman–Crippen MR) is 94.7 cm³/mol. The molecule has 2 N–H and O–H groups in total. The van der Waals surface area contributed by atoms with Crippen LogP contribution in [-0.4, -0.2) is 35.0 Å². The van der Waals surface area contributed by atoms with E-state index in [0.29, 0.717) is 11.3 Å². The Hall–Kier alpha value is -2.81. The number of amides is 1. The van der Waals surface area contributed by atoms with Gasteiger partial charge in [-0.3, -0.25) is 9.59 Å². The van der Waals surface area contributed by atoms with Crippen LogP contribution in [0.1, 0.15) is 37.7 Å². The van der Waals surface area contributed by atoms with Gasteiger partial charge in [0.05, 0.1) is 6.42 Å². The molecule has 0 unspecified atom stereocenters. The molecule has 0 bridgehead atoms. The fourth-order valence-electron chi connectivity index (χ4n) is 3.01. The molecular formula is C19H23N3O3. The molecule has 6 nitrogen and oxygen atoms in total. The van der Waals surface area contributed by atoms with E-state index in [2.05, 4.69) is 5.32 Å². The van der Waals surface area contributed by atoms with Crippen molar-refractivity contribution in [1.82, 2.24) is 4.90 Å². The molecule has 25 heavy (non-hydrogen) atoms. The molecule has 0 saturated heterocycles. The van der Waals surface area contributed by atoms with Crippen LogP contribution in [-0.2, 0) is 16.0 Å². The van der Waals surface area contributed by atoms with Crippen molar-refractivity contribution < 1.29 is 14.7 Å². The molecule has 6 heteroatoms. The summed E-state index contributed by atoms with van der Waals surface area (Å²) in [6, 6.07) is 9.01. The number of carboxylic acids is 1. The normalized spacial score (nSPS) is 15.3. The van der Waals surface area contributed by atoms with Gasteiger partial charge >= 0.3 is 5.97 Å². The first kappa shape index (κ1) is 18.5. The first-order valence-corrected chi connectivity index (χ1v) is 8.46. The summed E-state index contributed by atoms with van der Waals surface area (Å²) in [5.74, 6) is -1.16. The maximum atomic E-state index is 12.5. The number of carbonyl (C=O) groups is 2. The average Bonchev–Trinajstić information content (AvgIpc) is 2.63. The predicted octanol–water partition coefficient (Wildman–Crippen LogP) is 2.92. The number of hydrogen-bond donors (Lipinski definition) is 2. The van der Waals surface area contributed by atoms with Crippen molar-refractivity contribution in [1.29, 1.82) is 5.26 Å². The van der Waals surface area contributed by atoms with Gasteiger partial charge in [0.1, 0.15) is 11.6 Å². The summed E-state index contributed by atoms with van der Waals surface area (Å²) in [6.07, 6.45) is 6.79. The zero-order valence-electron chi connectivity index (χ0n) is 14.4. The largest absolute Gasteiger partial charge is 0.481 e. The van der Waals surface area contributed by atoms with Gasteiger partial charge in [0.25, 0.3) is 5.91 Å². The van der Waals surface area contributed by atoms with E-state index in [1.54, 1.807) is 36.2 Å². The maximum absolute atomic E-state index is 12.5. The Labute approximate surface area is 147 Å². The quantitative estimate of drug-likeness (QED) is 0.613. The number of hydrogen-bond acceptors (Lipinski definition) is 4. The van der Waals surface area contributed by atoms with Crippen LogP contribution < -0.4 is 5.32 Å². The zero-order valence-corrected chi connectivity index (χ0v) is 14.4. The van der Waals surface area contributed by atoms with Crippen molar-refractivity contribution in [2.75, 3.05) is 12.4 Å². The number of nitrogens with one attached hydrogen (secondary N) is 1. The second-order valence-electron chi connectivity index (χ2n) is 6.29. The number of likely N-dealkylation sites (N-methyl/N-ethyl adjacent to an activating group) is 1. The highest BCUT2D eigenvalue weighted by atomic mass is 16.4. The van der Waals surface area contributed by atoms with E-state index in [1.807, 2.05) is 6.07 Å². The van der Waals surface area contributed by atoms with Crippen molar-refractivity contribution in [3.8, 4) is 6.07 Å². The lowest BCUT2D eigenvalue weighted by atomic mass is 9.94. The van der Waals surface area contributed by atoms with Crippen molar-refractivity contribution >= 4 is 17.6 Å². The van der Waals surface area contributed by atoms with Crippen molar-refractivity contribution in [3.05, 3.63) is 41.6 Å². The molecular weight excluding hydrogens is 318 g/mol. The van der Waals surface area contributed by atoms with Crippen molar-refractivity contribution in [3.63, 3.8) is 0 Å². The number of carboxylic acid groups (broad SMARTS) is 1. The van der Waals surface area contributed by atoms with Gasteiger partial charge in [0, 0.05) is 25.0 Å². The first-order valence-electron chi connectivity index (χ1n) is 8.46. The van der Waals surface area contributed by atoms with Gasteiger partial charge in [-0.2, -0.15) is 5.26 Å². The zero-order chi connectivity index (χ0) is 18.2. The lowest BCUT2D eigenvalue weighted by Gasteiger charge is -2.31. The summed E-state index contributed by atoms with van der Waals surface area (Å²) in [4.78, 5) is 24.8. The monoisotopic (exact) mass is 341 g/mol. The highest BCUT2D eigenvalue weighted by Gasteiger charge is 2.24. The number of aliphatic carboxylic acids is 1. The fourth-order valence-corrected chi connectivity index (χ4v) is 3.01. The Bertz CT molecular complexity index is 683. The number of rotatable bonds is 6. The number of benzene rings is 1. The third kappa shape index (κ3) is 5.35. The number of nitrogens with zero attached hydrogens (tertiary/aromatic N) is 2. The minimum Gasteiger partial charge on any atom is -0.481 e. The molecule has 1 saturated carbocycles. The highest BCUT2D eigenvalue weighted by molar-refractivity contribution is 5.97. The lowest BCUT2D eigenvalue weighted by Crippen LogP contribution is -2.39. The summed E-state index contributed by atoms with van der Waals surface area (Å²) < 4.78 is 0. The van der Waals surface area contributed by atoms with Crippen LogP contribution in [0.4, 0.5) is 5.69 Å². The van der Waals surface area contributed by atoms with Crippen LogP contribution >= 0.6 is 0 Å². The number of nitriles is 1. The molecule has 1 aromatic carbocycles. The van der Waals surface area contributed by atoms with Crippen LogP contribution in [0.5, 0.6) is 0 Å². The van der Waals surface area contributed by atoms with Crippen LogP contribution in [0.25, 0.3) is 0 Å². The third-order valence-corrected chi connectivity index (χ3v) is 4.49. The standard InChI is InChI=1S/C19H23N3O3/c1-22(17-5-3-2-4-6-17)19(25)15(12-20)13-21-16-9-7-14(8-10-16)11-18(23)24/h7-10,13,17,21H,2-6,11H2,1H3,(H,23,24)/b15-13-. The Kier molecular flexibility index (Phi) is 6.58. The molecule has 0 atom stereocenters. The summed E-state index contributed by atoms with van der Waals surface area (Å²) in [7, 11) is 1.75. The molecule has 132 valence electrons. The fraction of sp³-hybridized carbons (Fsp3) is 0.421. The van der Waals surface area contributed by atoms with E-state index in [1.165, 1.54) is 12.6 Å². The lowest BCUT2D eigenvalue weighted by molar-refractivity contribution is -0.136. The van der Waals surface area contributed by atoms with Crippen LogP contribution in [0, 0.1) is 11.3 Å². The van der Waals surface area contributed by atoms with Gasteiger partial charge in [-0.1, -0.05) is 31.4 Å². The van der Waals surface area contributed by atoms with Crippen molar-refractivity contribution in [2.45, 2.75) is 44.6 Å². The Morgan fingerprint density at radius 2 is 1.92 bits per heavy atom. The molecule has 2 rings (SSSR count). The summed E-state index contributed by atoms with van der Waals surface area (Å²) >= 11 is 0. The van der Waals surface area contributed by atoms with Gasteiger partial charge in [0.2, 0.25) is 0 Å². The molecule has 1 aliphatic carbocycles. The smallest absolute Gasteiger partial charge is 0.307 e. The molecule has 0 radical (unpaired) electrons. The second kappa shape index (κ2) is 8.88. The SMILES string of the molecule is CN(C(=O)/C(C#N)=C\Nc1ccc(CC(=O)O)cc1)C1CCCCC1. The van der Waals surface area contributed by atoms with Gasteiger partial charge in [0.15, 0.2) is 0 Å². The van der Waals surface area contributed by atoms with Crippen molar-refractivity contribution in [2.24, 2.45) is 0 Å². The molecule has 0 heterocycles. The average molecular weight is 341 g/mol. The molecule has 0 aromatic heterocycles. The van der Waals surface area contributed by atoms with E-state index in [0.717, 1.165) is 25.7 Å². The minimum atomic E-state index is -0.885. The Morgan fingerprint density at radius 3 is 2.48 bits per heavy atom. The van der Waals surface area contributed by atoms with Gasteiger partial charge in [-0.15, -0.1) is 0 Å². The molecule has 1 aliphatic rings. The molecule has 0 spiro atoms. The van der Waals surface area contributed by atoms with E-state index in [4.69, 9.17) is 5.11 Å². The minimum absolute atomic E-state index is 0.0375. The van der Waals surface area contributed by atoms with Gasteiger partial charge in [-0.25, -0.2) is 0 Å². The van der Waals surface area contributed by atoms with Crippen LogP contribution in [0.15, 0.2) is 36.0 Å². The van der Waals surface area contributed by atoms with Crippen LogP contribution in [0.2, 0.25) is 0 Å². The molecule has 1 fully saturated rings. The summed E-state index contributed by atoms with van der Waals surface area (Å²) in [6.45, 7) is 0. The van der Waals surface area contributed by atoms with E-state index >= 15 is 0 Å². The first-order chi connectivity index (χ1) is 12.0. The van der Waals surface area contributed by atoms with E-state index in [9.17, 15) is 14.9 Å².